The van der Waals surface area contributed by atoms with Gasteiger partial charge in [-0.2, -0.15) is 5.10 Å². The van der Waals surface area contributed by atoms with E-state index in [0.717, 1.165) is 25.9 Å². The van der Waals surface area contributed by atoms with Gasteiger partial charge in [0.15, 0.2) is 0 Å². The van der Waals surface area contributed by atoms with Gasteiger partial charge in [-0.15, -0.1) is 0 Å². The molecule has 0 spiro atoms. The van der Waals surface area contributed by atoms with Crippen molar-refractivity contribution >= 4 is 0 Å². The van der Waals surface area contributed by atoms with Crippen LogP contribution in [0.2, 0.25) is 0 Å². The normalized spacial score (nSPS) is 16.8. The van der Waals surface area contributed by atoms with E-state index < -0.39 is 0 Å². The maximum Gasteiger partial charge on any atom is 0.0624 e. The van der Waals surface area contributed by atoms with E-state index in [1.54, 1.807) is 5.57 Å². The minimum atomic E-state index is 0.547. The third-order valence-electron chi connectivity index (χ3n) is 4.42. The van der Waals surface area contributed by atoms with Crippen LogP contribution in [0.3, 0.4) is 0 Å². The number of hydrogen-bond donors (Lipinski definition) is 1. The van der Waals surface area contributed by atoms with E-state index in [0.29, 0.717) is 6.04 Å². The molecule has 1 aromatic heterocycles. The van der Waals surface area contributed by atoms with Gasteiger partial charge >= 0.3 is 0 Å². The molecule has 118 valence electrons. The second kappa shape index (κ2) is 8.38. The molecule has 3 heteroatoms. The maximum atomic E-state index is 4.68. The van der Waals surface area contributed by atoms with Crippen LogP contribution in [0.5, 0.6) is 0 Å². The molecule has 2 rings (SSSR count). The second-order valence-electron chi connectivity index (χ2n) is 6.07. The number of rotatable bonds is 8. The number of nitrogens with one attached hydrogen (secondary N) is 1. The Morgan fingerprint density at radius 3 is 2.71 bits per heavy atom. The zero-order chi connectivity index (χ0) is 15.1. The van der Waals surface area contributed by atoms with Gasteiger partial charge in [-0.3, -0.25) is 4.68 Å². The van der Waals surface area contributed by atoms with Crippen molar-refractivity contribution in [3.05, 3.63) is 29.1 Å². The Morgan fingerprint density at radius 2 is 2.10 bits per heavy atom. The van der Waals surface area contributed by atoms with E-state index >= 15 is 0 Å². The van der Waals surface area contributed by atoms with Crippen molar-refractivity contribution < 1.29 is 0 Å². The summed E-state index contributed by atoms with van der Waals surface area (Å²) in [6.07, 6.45) is 11.1. The number of likely N-dealkylation sites (N-methyl/N-ethyl adjacent to an activating group) is 1. The summed E-state index contributed by atoms with van der Waals surface area (Å²) in [6, 6.07) is 2.84. The first-order valence-electron chi connectivity index (χ1n) is 8.73. The molecule has 1 aliphatic carbocycles. The van der Waals surface area contributed by atoms with Crippen LogP contribution in [-0.2, 0) is 19.4 Å². The standard InChI is InChI=1S/C18H31N3/c1-4-16-13-18(21(6-3)20-16)14-17(19-5-2)12-15-10-8-7-9-11-15/h10,13,17,19H,4-9,11-12,14H2,1-3H3. The van der Waals surface area contributed by atoms with E-state index in [1.165, 1.54) is 43.5 Å². The number of aromatic nitrogens is 2. The van der Waals surface area contributed by atoms with Crippen LogP contribution in [-0.4, -0.2) is 22.4 Å². The summed E-state index contributed by atoms with van der Waals surface area (Å²) < 4.78 is 2.18. The van der Waals surface area contributed by atoms with Crippen LogP contribution in [0.25, 0.3) is 0 Å². The lowest BCUT2D eigenvalue weighted by molar-refractivity contribution is 0.483. The molecule has 1 heterocycles. The fourth-order valence-corrected chi connectivity index (χ4v) is 3.29. The van der Waals surface area contributed by atoms with Crippen molar-refractivity contribution in [2.24, 2.45) is 0 Å². The van der Waals surface area contributed by atoms with Crippen LogP contribution in [0, 0.1) is 0 Å². The molecule has 0 saturated heterocycles. The molecule has 0 fully saturated rings. The zero-order valence-electron chi connectivity index (χ0n) is 14.0. The highest BCUT2D eigenvalue weighted by atomic mass is 15.3. The van der Waals surface area contributed by atoms with Crippen molar-refractivity contribution in [1.82, 2.24) is 15.1 Å². The highest BCUT2D eigenvalue weighted by Gasteiger charge is 2.15. The molecule has 0 aliphatic heterocycles. The summed E-state index contributed by atoms with van der Waals surface area (Å²) in [5, 5.41) is 8.36. The van der Waals surface area contributed by atoms with E-state index in [9.17, 15) is 0 Å². The molecular formula is C18H31N3. The summed E-state index contributed by atoms with van der Waals surface area (Å²) >= 11 is 0. The molecule has 0 bridgehead atoms. The molecule has 0 radical (unpaired) electrons. The summed E-state index contributed by atoms with van der Waals surface area (Å²) in [5.74, 6) is 0. The lowest BCUT2D eigenvalue weighted by atomic mass is 9.92. The minimum absolute atomic E-state index is 0.547. The highest BCUT2D eigenvalue weighted by molar-refractivity contribution is 5.14. The van der Waals surface area contributed by atoms with Gasteiger partial charge < -0.3 is 5.32 Å². The topological polar surface area (TPSA) is 29.9 Å². The minimum Gasteiger partial charge on any atom is -0.314 e. The van der Waals surface area contributed by atoms with Crippen molar-refractivity contribution in [3.63, 3.8) is 0 Å². The lowest BCUT2D eigenvalue weighted by Crippen LogP contribution is -2.32. The Bertz CT molecular complexity index is 459. The summed E-state index contributed by atoms with van der Waals surface area (Å²) in [4.78, 5) is 0. The van der Waals surface area contributed by atoms with Crippen molar-refractivity contribution in [3.8, 4) is 0 Å². The monoisotopic (exact) mass is 289 g/mol. The molecule has 1 aromatic rings. The fourth-order valence-electron chi connectivity index (χ4n) is 3.29. The second-order valence-corrected chi connectivity index (χ2v) is 6.07. The molecule has 1 aliphatic rings. The summed E-state index contributed by atoms with van der Waals surface area (Å²) in [6.45, 7) is 8.58. The third kappa shape index (κ3) is 4.70. The van der Waals surface area contributed by atoms with Gasteiger partial charge in [-0.05, 0) is 58.1 Å². The van der Waals surface area contributed by atoms with Gasteiger partial charge in [0.05, 0.1) is 5.69 Å². The largest absolute Gasteiger partial charge is 0.314 e. The van der Waals surface area contributed by atoms with Crippen molar-refractivity contribution in [2.45, 2.75) is 78.3 Å². The Balaban J connectivity index is 2.04. The molecular weight excluding hydrogens is 258 g/mol. The Morgan fingerprint density at radius 1 is 1.24 bits per heavy atom. The predicted molar refractivity (Wildman–Crippen MR) is 89.6 cm³/mol. The molecule has 1 atom stereocenters. The van der Waals surface area contributed by atoms with E-state index in [-0.39, 0.29) is 0 Å². The van der Waals surface area contributed by atoms with Crippen LogP contribution in [0.4, 0.5) is 0 Å². The SMILES string of the molecule is CCNC(CC1=CCCCC1)Cc1cc(CC)nn1CC. The van der Waals surface area contributed by atoms with Gasteiger partial charge in [-0.1, -0.05) is 25.5 Å². The number of allylic oxidation sites excluding steroid dienone is 1. The van der Waals surface area contributed by atoms with Gasteiger partial charge in [0.1, 0.15) is 0 Å². The van der Waals surface area contributed by atoms with E-state index in [4.69, 9.17) is 0 Å². The van der Waals surface area contributed by atoms with Crippen LogP contribution >= 0.6 is 0 Å². The number of aryl methyl sites for hydroxylation is 2. The van der Waals surface area contributed by atoms with Gasteiger partial charge in [0, 0.05) is 24.7 Å². The summed E-state index contributed by atoms with van der Waals surface area (Å²) in [5.41, 5.74) is 4.26. The molecule has 0 saturated carbocycles. The average Bonchev–Trinajstić information content (AvgIpc) is 2.90. The molecule has 21 heavy (non-hydrogen) atoms. The third-order valence-corrected chi connectivity index (χ3v) is 4.42. The number of hydrogen-bond acceptors (Lipinski definition) is 2. The molecule has 1 unspecified atom stereocenters. The van der Waals surface area contributed by atoms with E-state index in [2.05, 4.69) is 48.0 Å². The van der Waals surface area contributed by atoms with Crippen LogP contribution in [0.15, 0.2) is 17.7 Å². The Hall–Kier alpha value is -1.09. The first-order valence-corrected chi connectivity index (χ1v) is 8.73. The molecule has 0 aromatic carbocycles. The fraction of sp³-hybridized carbons (Fsp3) is 0.722. The van der Waals surface area contributed by atoms with Crippen LogP contribution in [0.1, 0.15) is 64.3 Å². The summed E-state index contributed by atoms with van der Waals surface area (Å²) in [7, 11) is 0. The van der Waals surface area contributed by atoms with Crippen LogP contribution < -0.4 is 5.32 Å². The lowest BCUT2D eigenvalue weighted by Gasteiger charge is -2.22. The first-order chi connectivity index (χ1) is 10.3. The maximum absolute atomic E-state index is 4.68. The smallest absolute Gasteiger partial charge is 0.0624 e. The van der Waals surface area contributed by atoms with Crippen molar-refractivity contribution in [1.29, 1.82) is 0 Å². The quantitative estimate of drug-likeness (QED) is 0.736. The molecule has 3 nitrogen and oxygen atoms in total. The first kappa shape index (κ1) is 16.3. The Kier molecular flexibility index (Phi) is 6.50. The number of nitrogens with zero attached hydrogens (tertiary/aromatic N) is 2. The average molecular weight is 289 g/mol. The van der Waals surface area contributed by atoms with E-state index in [1.807, 2.05) is 0 Å². The molecule has 0 amide bonds. The van der Waals surface area contributed by atoms with Gasteiger partial charge in [0.2, 0.25) is 0 Å². The van der Waals surface area contributed by atoms with Crippen molar-refractivity contribution in [2.75, 3.05) is 6.54 Å². The Labute approximate surface area is 129 Å². The highest BCUT2D eigenvalue weighted by Crippen LogP contribution is 2.22. The van der Waals surface area contributed by atoms with Gasteiger partial charge in [-0.25, -0.2) is 0 Å². The molecule has 1 N–H and O–H groups in total. The van der Waals surface area contributed by atoms with Gasteiger partial charge in [0.25, 0.3) is 0 Å². The zero-order valence-corrected chi connectivity index (χ0v) is 14.0. The predicted octanol–water partition coefficient (Wildman–Crippen LogP) is 3.88.